The first-order valence-electron chi connectivity index (χ1n) is 6.61. The molecule has 6 nitrogen and oxygen atoms in total. The van der Waals surface area contributed by atoms with Gasteiger partial charge in [0.2, 0.25) is 11.9 Å². The van der Waals surface area contributed by atoms with E-state index in [0.717, 1.165) is 25.9 Å². The van der Waals surface area contributed by atoms with Crippen LogP contribution >= 0.6 is 0 Å². The van der Waals surface area contributed by atoms with E-state index in [1.54, 1.807) is 0 Å². The van der Waals surface area contributed by atoms with Gasteiger partial charge in [-0.05, 0) is 25.7 Å². The van der Waals surface area contributed by atoms with Gasteiger partial charge < -0.3 is 10.2 Å². The second kappa shape index (κ2) is 7.20. The molecule has 0 radical (unpaired) electrons. The lowest BCUT2D eigenvalue weighted by atomic mass is 10.2. The minimum atomic E-state index is -0.301. The van der Waals surface area contributed by atoms with E-state index < -0.39 is 0 Å². The van der Waals surface area contributed by atoms with Crippen molar-refractivity contribution in [2.24, 2.45) is 16.8 Å². The molecule has 104 valence electrons. The van der Waals surface area contributed by atoms with E-state index in [9.17, 15) is 4.79 Å². The van der Waals surface area contributed by atoms with E-state index in [0.29, 0.717) is 18.4 Å². The van der Waals surface area contributed by atoms with Crippen LogP contribution in [0.25, 0.3) is 0 Å². The molecule has 1 aliphatic rings. The third-order valence-corrected chi connectivity index (χ3v) is 2.89. The first-order chi connectivity index (χ1) is 8.54. The fourth-order valence-electron chi connectivity index (χ4n) is 1.89. The number of carbonyl (C=O) groups excluding carboxylic acids is 1. The number of nitrogens with zero attached hydrogens (tertiary/aromatic N) is 2. The van der Waals surface area contributed by atoms with Crippen molar-refractivity contribution in [2.75, 3.05) is 19.6 Å². The zero-order valence-corrected chi connectivity index (χ0v) is 11.6. The quantitative estimate of drug-likeness (QED) is 0.287. The van der Waals surface area contributed by atoms with E-state index in [2.05, 4.69) is 29.6 Å². The van der Waals surface area contributed by atoms with E-state index in [1.807, 2.05) is 11.8 Å². The summed E-state index contributed by atoms with van der Waals surface area (Å²) in [5, 5.41) is 3.02. The molecule has 0 aromatic carbocycles. The monoisotopic (exact) mass is 255 g/mol. The Morgan fingerprint density at radius 3 is 2.44 bits per heavy atom. The van der Waals surface area contributed by atoms with Gasteiger partial charge in [-0.3, -0.25) is 15.2 Å². The molecule has 0 aliphatic carbocycles. The Labute approximate surface area is 109 Å². The molecule has 1 rings (SSSR count). The number of hydrazine groups is 1. The summed E-state index contributed by atoms with van der Waals surface area (Å²) < 4.78 is 0. The molecule has 1 unspecified atom stereocenters. The highest BCUT2D eigenvalue weighted by molar-refractivity contribution is 5.88. The topological polar surface area (TPSA) is 82.7 Å². The van der Waals surface area contributed by atoms with Gasteiger partial charge in [0.25, 0.3) is 0 Å². The van der Waals surface area contributed by atoms with Gasteiger partial charge in [0.05, 0.1) is 0 Å². The summed E-state index contributed by atoms with van der Waals surface area (Å²) in [6, 6.07) is -0.301. The number of likely N-dealkylation sites (tertiary alicyclic amines) is 1. The fraction of sp³-hybridized carbons (Fsp3) is 0.833. The van der Waals surface area contributed by atoms with Crippen molar-refractivity contribution < 1.29 is 4.79 Å². The highest BCUT2D eigenvalue weighted by Crippen LogP contribution is 2.08. The average molecular weight is 255 g/mol. The van der Waals surface area contributed by atoms with Gasteiger partial charge in [-0.2, -0.15) is 0 Å². The molecule has 18 heavy (non-hydrogen) atoms. The molecule has 1 fully saturated rings. The van der Waals surface area contributed by atoms with Gasteiger partial charge in [0.15, 0.2) is 0 Å². The normalized spacial score (nSPS) is 18.1. The largest absolute Gasteiger partial charge is 0.344 e. The van der Waals surface area contributed by atoms with Crippen LogP contribution in [0.4, 0.5) is 0 Å². The van der Waals surface area contributed by atoms with Crippen molar-refractivity contribution in [3.8, 4) is 0 Å². The summed E-state index contributed by atoms with van der Waals surface area (Å²) in [4.78, 5) is 18.2. The number of carbonyl (C=O) groups is 1. The summed E-state index contributed by atoms with van der Waals surface area (Å²) in [7, 11) is 0. The van der Waals surface area contributed by atoms with Crippen LogP contribution in [0.3, 0.4) is 0 Å². The molecule has 1 amide bonds. The summed E-state index contributed by atoms with van der Waals surface area (Å²) in [6.07, 6.45) is 2.20. The van der Waals surface area contributed by atoms with Gasteiger partial charge in [0, 0.05) is 19.6 Å². The summed E-state index contributed by atoms with van der Waals surface area (Å²) >= 11 is 0. The standard InChI is InChI=1S/C12H25N5O/c1-9(2)8-14-12(16-13)15-10(3)11(18)17-6-4-5-7-17/h9-10H,4-8,13H2,1-3H3,(H2,14,15,16). The molecule has 1 aliphatic heterocycles. The van der Waals surface area contributed by atoms with E-state index in [4.69, 9.17) is 5.84 Å². The smallest absolute Gasteiger partial charge is 0.244 e. The highest BCUT2D eigenvalue weighted by atomic mass is 16.2. The van der Waals surface area contributed by atoms with Crippen LogP contribution in [0.2, 0.25) is 0 Å². The van der Waals surface area contributed by atoms with Crippen molar-refractivity contribution in [1.29, 1.82) is 0 Å². The van der Waals surface area contributed by atoms with Crippen LogP contribution in [-0.2, 0) is 4.79 Å². The molecule has 0 aromatic rings. The molecule has 6 heteroatoms. The van der Waals surface area contributed by atoms with Crippen molar-refractivity contribution in [2.45, 2.75) is 39.7 Å². The van der Waals surface area contributed by atoms with Gasteiger partial charge in [-0.1, -0.05) is 13.8 Å². The van der Waals surface area contributed by atoms with Gasteiger partial charge >= 0.3 is 0 Å². The molecular weight excluding hydrogens is 230 g/mol. The maximum Gasteiger partial charge on any atom is 0.244 e. The predicted molar refractivity (Wildman–Crippen MR) is 72.9 cm³/mol. The molecule has 0 spiro atoms. The predicted octanol–water partition coefficient (Wildman–Crippen LogP) is 0.0622. The summed E-state index contributed by atoms with van der Waals surface area (Å²) in [5.74, 6) is 6.44. The molecule has 0 saturated carbocycles. The number of hydrogen-bond donors (Lipinski definition) is 3. The van der Waals surface area contributed by atoms with Gasteiger partial charge in [-0.15, -0.1) is 0 Å². The first-order valence-corrected chi connectivity index (χ1v) is 6.61. The lowest BCUT2D eigenvalue weighted by Crippen LogP contribution is -2.51. The van der Waals surface area contributed by atoms with Gasteiger partial charge in [-0.25, -0.2) is 5.84 Å². The molecule has 1 heterocycles. The van der Waals surface area contributed by atoms with E-state index >= 15 is 0 Å². The highest BCUT2D eigenvalue weighted by Gasteiger charge is 2.23. The number of hydrogen-bond acceptors (Lipinski definition) is 3. The summed E-state index contributed by atoms with van der Waals surface area (Å²) in [5.41, 5.74) is 2.50. The minimum Gasteiger partial charge on any atom is -0.344 e. The molecule has 4 N–H and O–H groups in total. The van der Waals surface area contributed by atoms with Crippen molar-refractivity contribution >= 4 is 11.9 Å². The number of rotatable bonds is 4. The Morgan fingerprint density at radius 1 is 1.33 bits per heavy atom. The SMILES string of the molecule is CC(C)CN=C(NN)NC(C)C(=O)N1CCCC1. The number of aliphatic imine (C=N–C) groups is 1. The minimum absolute atomic E-state index is 0.111. The molecule has 1 atom stereocenters. The zero-order chi connectivity index (χ0) is 13.5. The number of nitrogens with one attached hydrogen (secondary N) is 2. The first kappa shape index (κ1) is 14.8. The second-order valence-electron chi connectivity index (χ2n) is 5.13. The maximum atomic E-state index is 12.1. The average Bonchev–Trinajstić information content (AvgIpc) is 2.86. The van der Waals surface area contributed by atoms with Crippen LogP contribution in [0.15, 0.2) is 4.99 Å². The molecule has 1 saturated heterocycles. The van der Waals surface area contributed by atoms with Crippen molar-refractivity contribution in [3.05, 3.63) is 0 Å². The van der Waals surface area contributed by atoms with Gasteiger partial charge in [0.1, 0.15) is 6.04 Å². The van der Waals surface area contributed by atoms with Crippen LogP contribution in [0.5, 0.6) is 0 Å². The number of amides is 1. The number of guanidine groups is 1. The van der Waals surface area contributed by atoms with Crippen LogP contribution in [0.1, 0.15) is 33.6 Å². The van der Waals surface area contributed by atoms with Crippen molar-refractivity contribution in [3.63, 3.8) is 0 Å². The molecule has 0 bridgehead atoms. The zero-order valence-electron chi connectivity index (χ0n) is 11.6. The lowest BCUT2D eigenvalue weighted by molar-refractivity contribution is -0.131. The lowest BCUT2D eigenvalue weighted by Gasteiger charge is -2.22. The molecular formula is C12H25N5O. The third-order valence-electron chi connectivity index (χ3n) is 2.89. The molecule has 0 aromatic heterocycles. The fourth-order valence-corrected chi connectivity index (χ4v) is 1.89. The second-order valence-corrected chi connectivity index (χ2v) is 5.13. The summed E-state index contributed by atoms with van der Waals surface area (Å²) in [6.45, 7) is 8.39. The number of nitrogens with two attached hydrogens (primary N) is 1. The Balaban J connectivity index is 2.47. The Hall–Kier alpha value is -1.30. The Bertz CT molecular complexity index is 297. The maximum absolute atomic E-state index is 12.1. The van der Waals surface area contributed by atoms with Crippen LogP contribution < -0.4 is 16.6 Å². The van der Waals surface area contributed by atoms with E-state index in [-0.39, 0.29) is 11.9 Å². The Kier molecular flexibility index (Phi) is 5.91. The van der Waals surface area contributed by atoms with E-state index in [1.165, 1.54) is 0 Å². The third kappa shape index (κ3) is 4.52. The van der Waals surface area contributed by atoms with Crippen LogP contribution in [-0.4, -0.2) is 42.4 Å². The van der Waals surface area contributed by atoms with Crippen molar-refractivity contribution in [1.82, 2.24) is 15.6 Å². The Morgan fingerprint density at radius 2 is 1.94 bits per heavy atom. The van der Waals surface area contributed by atoms with Crippen LogP contribution in [0, 0.1) is 5.92 Å².